The number of nitrogens with one attached hydrogen (secondary N) is 1. The lowest BCUT2D eigenvalue weighted by Crippen LogP contribution is -2.23. The van der Waals surface area contributed by atoms with Gasteiger partial charge < -0.3 is 15.8 Å². The van der Waals surface area contributed by atoms with Crippen molar-refractivity contribution in [3.05, 3.63) is 24.3 Å². The van der Waals surface area contributed by atoms with Gasteiger partial charge in [0.25, 0.3) is 0 Å². The van der Waals surface area contributed by atoms with Crippen molar-refractivity contribution in [2.45, 2.75) is 19.2 Å². The zero-order chi connectivity index (χ0) is 13.9. The topological polar surface area (TPSA) is 59.6 Å². The maximum absolute atomic E-state index is 12.0. The summed E-state index contributed by atoms with van der Waals surface area (Å²) < 4.78 is 39.6. The molecule has 0 bridgehead atoms. The first kappa shape index (κ1) is 16.9. The van der Waals surface area contributed by atoms with Crippen LogP contribution < -0.4 is 15.8 Å². The Balaban J connectivity index is 0.00000200. The molecular formula is C12H15F3IN3O. The smallest absolute Gasteiger partial charge is 0.406 e. The van der Waals surface area contributed by atoms with E-state index >= 15 is 0 Å². The van der Waals surface area contributed by atoms with E-state index in [2.05, 4.69) is 15.0 Å². The molecule has 1 aliphatic carbocycles. The second kappa shape index (κ2) is 7.00. The number of nitrogens with zero attached hydrogens (tertiary/aromatic N) is 1. The first-order valence-electron chi connectivity index (χ1n) is 5.85. The number of guanidine groups is 1. The number of ether oxygens (including phenoxy) is 1. The van der Waals surface area contributed by atoms with Crippen LogP contribution in [0.1, 0.15) is 12.8 Å². The molecular weight excluding hydrogens is 386 g/mol. The van der Waals surface area contributed by atoms with E-state index < -0.39 is 6.36 Å². The summed E-state index contributed by atoms with van der Waals surface area (Å²) in [6, 6.07) is 5.31. The van der Waals surface area contributed by atoms with Crippen molar-refractivity contribution >= 4 is 35.6 Å². The molecule has 0 aliphatic heterocycles. The van der Waals surface area contributed by atoms with Crippen LogP contribution in [-0.2, 0) is 0 Å². The summed E-state index contributed by atoms with van der Waals surface area (Å²) in [6.07, 6.45) is -2.32. The van der Waals surface area contributed by atoms with E-state index in [4.69, 9.17) is 5.73 Å². The monoisotopic (exact) mass is 401 g/mol. The minimum atomic E-state index is -4.68. The molecule has 4 nitrogen and oxygen atoms in total. The minimum absolute atomic E-state index is 0. The zero-order valence-electron chi connectivity index (χ0n) is 10.5. The van der Waals surface area contributed by atoms with Gasteiger partial charge in [0.05, 0.1) is 0 Å². The van der Waals surface area contributed by atoms with Crippen molar-refractivity contribution in [1.82, 2.24) is 0 Å². The lowest BCUT2D eigenvalue weighted by molar-refractivity contribution is -0.274. The highest BCUT2D eigenvalue weighted by Gasteiger charge is 2.30. The zero-order valence-corrected chi connectivity index (χ0v) is 12.8. The standard InChI is InChI=1S/C12H14F3N3O.HI/c13-12(14,15)19-10-5-3-9(4-6-10)18-11(16)17-7-8-1-2-8;/h3-6,8H,1-2,7H2,(H3,16,17,18);1H. The van der Waals surface area contributed by atoms with E-state index in [0.29, 0.717) is 18.2 Å². The number of hydrogen-bond acceptors (Lipinski definition) is 2. The second-order valence-corrected chi connectivity index (χ2v) is 4.37. The molecule has 0 unspecified atom stereocenters. The third kappa shape index (κ3) is 6.31. The van der Waals surface area contributed by atoms with E-state index in [1.165, 1.54) is 37.1 Å². The molecule has 3 N–H and O–H groups in total. The Bertz CT molecular complexity index is 458. The second-order valence-electron chi connectivity index (χ2n) is 4.37. The maximum Gasteiger partial charge on any atom is 0.573 e. The van der Waals surface area contributed by atoms with Gasteiger partial charge in [0.15, 0.2) is 5.96 Å². The van der Waals surface area contributed by atoms with Crippen LogP contribution in [0.15, 0.2) is 29.3 Å². The number of hydrogen-bond donors (Lipinski definition) is 2. The van der Waals surface area contributed by atoms with Crippen LogP contribution >= 0.6 is 24.0 Å². The lowest BCUT2D eigenvalue weighted by Gasteiger charge is -2.10. The highest BCUT2D eigenvalue weighted by Crippen LogP contribution is 2.28. The average Bonchev–Trinajstić information content (AvgIpc) is 3.11. The Labute approximate surface area is 131 Å². The Morgan fingerprint density at radius 3 is 2.40 bits per heavy atom. The number of anilines is 1. The highest BCUT2D eigenvalue weighted by molar-refractivity contribution is 14.0. The molecule has 0 radical (unpaired) electrons. The van der Waals surface area contributed by atoms with Gasteiger partial charge in [-0.1, -0.05) is 0 Å². The molecule has 1 aliphatic rings. The summed E-state index contributed by atoms with van der Waals surface area (Å²) in [5.41, 5.74) is 6.21. The molecule has 0 spiro atoms. The molecule has 1 fully saturated rings. The number of nitrogens with two attached hydrogens (primary N) is 1. The molecule has 1 aromatic carbocycles. The number of halogens is 4. The maximum atomic E-state index is 12.0. The quantitative estimate of drug-likeness (QED) is 0.462. The Morgan fingerprint density at radius 1 is 1.30 bits per heavy atom. The summed E-state index contributed by atoms with van der Waals surface area (Å²) in [7, 11) is 0. The predicted molar refractivity (Wildman–Crippen MR) is 81.4 cm³/mol. The van der Waals surface area contributed by atoms with Gasteiger partial charge in [-0.05, 0) is 43.0 Å². The Kier molecular flexibility index (Phi) is 5.90. The van der Waals surface area contributed by atoms with Gasteiger partial charge in [0, 0.05) is 12.2 Å². The normalized spacial score (nSPS) is 15.4. The third-order valence-corrected chi connectivity index (χ3v) is 2.58. The van der Waals surface area contributed by atoms with Crippen LogP contribution in [0, 0.1) is 5.92 Å². The van der Waals surface area contributed by atoms with Crippen LogP contribution in [0.25, 0.3) is 0 Å². The molecule has 2 rings (SSSR count). The van der Waals surface area contributed by atoms with Gasteiger partial charge in [-0.15, -0.1) is 37.1 Å². The molecule has 0 amide bonds. The van der Waals surface area contributed by atoms with Crippen molar-refractivity contribution in [1.29, 1.82) is 0 Å². The predicted octanol–water partition coefficient (Wildman–Crippen LogP) is 3.34. The molecule has 20 heavy (non-hydrogen) atoms. The van der Waals surface area contributed by atoms with Crippen LogP contribution in [0.2, 0.25) is 0 Å². The number of alkyl halides is 3. The van der Waals surface area contributed by atoms with Crippen molar-refractivity contribution in [3.63, 3.8) is 0 Å². The SMILES string of the molecule is I.NC(=NCC1CC1)Nc1ccc(OC(F)(F)F)cc1. The number of aliphatic imine (C=N–C) groups is 1. The van der Waals surface area contributed by atoms with E-state index in [-0.39, 0.29) is 35.7 Å². The number of benzene rings is 1. The Morgan fingerprint density at radius 2 is 1.90 bits per heavy atom. The van der Waals surface area contributed by atoms with Gasteiger partial charge in [0.1, 0.15) is 5.75 Å². The van der Waals surface area contributed by atoms with Crippen LogP contribution in [-0.4, -0.2) is 18.9 Å². The fraction of sp³-hybridized carbons (Fsp3) is 0.417. The molecule has 0 saturated heterocycles. The molecule has 0 aromatic heterocycles. The van der Waals surface area contributed by atoms with Crippen molar-refractivity contribution in [3.8, 4) is 5.75 Å². The van der Waals surface area contributed by atoms with Gasteiger partial charge in [-0.25, -0.2) is 0 Å². The summed E-state index contributed by atoms with van der Waals surface area (Å²) >= 11 is 0. The van der Waals surface area contributed by atoms with Crippen LogP contribution in [0.5, 0.6) is 5.75 Å². The van der Waals surface area contributed by atoms with Crippen LogP contribution in [0.3, 0.4) is 0 Å². The first-order valence-corrected chi connectivity index (χ1v) is 5.85. The van der Waals surface area contributed by atoms with E-state index in [1.54, 1.807) is 0 Å². The largest absolute Gasteiger partial charge is 0.573 e. The van der Waals surface area contributed by atoms with Crippen molar-refractivity contribution in [2.24, 2.45) is 16.6 Å². The Hall–Kier alpha value is -1.19. The molecule has 0 heterocycles. The average molecular weight is 401 g/mol. The summed E-state index contributed by atoms with van der Waals surface area (Å²) in [6.45, 7) is 0.689. The molecule has 1 saturated carbocycles. The fourth-order valence-corrected chi connectivity index (χ4v) is 1.46. The highest BCUT2D eigenvalue weighted by atomic mass is 127. The van der Waals surface area contributed by atoms with E-state index in [1.807, 2.05) is 0 Å². The fourth-order valence-electron chi connectivity index (χ4n) is 1.46. The van der Waals surface area contributed by atoms with Crippen molar-refractivity contribution < 1.29 is 17.9 Å². The number of rotatable bonds is 4. The molecule has 112 valence electrons. The third-order valence-electron chi connectivity index (χ3n) is 2.58. The van der Waals surface area contributed by atoms with E-state index in [9.17, 15) is 13.2 Å². The van der Waals surface area contributed by atoms with Gasteiger partial charge >= 0.3 is 6.36 Å². The summed E-state index contributed by atoms with van der Waals surface area (Å²) in [4.78, 5) is 4.14. The lowest BCUT2D eigenvalue weighted by atomic mass is 10.3. The van der Waals surface area contributed by atoms with Crippen LogP contribution in [0.4, 0.5) is 18.9 Å². The first-order chi connectivity index (χ1) is 8.92. The van der Waals surface area contributed by atoms with Gasteiger partial charge in [0.2, 0.25) is 0 Å². The van der Waals surface area contributed by atoms with Gasteiger partial charge in [-0.3, -0.25) is 4.99 Å². The summed E-state index contributed by atoms with van der Waals surface area (Å²) in [5.74, 6) is 0.617. The van der Waals surface area contributed by atoms with Crippen molar-refractivity contribution in [2.75, 3.05) is 11.9 Å². The minimum Gasteiger partial charge on any atom is -0.406 e. The molecule has 0 atom stereocenters. The molecule has 8 heteroatoms. The summed E-state index contributed by atoms with van der Waals surface area (Å²) in [5, 5.41) is 2.81. The molecule has 1 aromatic rings. The van der Waals surface area contributed by atoms with E-state index in [0.717, 1.165) is 0 Å². The van der Waals surface area contributed by atoms with Gasteiger partial charge in [-0.2, -0.15) is 0 Å².